The summed E-state index contributed by atoms with van der Waals surface area (Å²) in [7, 11) is 0. The number of aliphatic imine (C=N–C) groups is 1. The number of rotatable bonds is 11. The fourth-order valence-electron chi connectivity index (χ4n) is 2.83. The highest BCUT2D eigenvalue weighted by Crippen LogP contribution is 2.15. The third-order valence-electron chi connectivity index (χ3n) is 4.33. The van der Waals surface area contributed by atoms with Gasteiger partial charge in [0.2, 0.25) is 6.08 Å². The molecule has 0 fully saturated rings. The quantitative estimate of drug-likeness (QED) is 0.265. The number of anilines is 1. The number of nitrogens with one attached hydrogen (secondary N) is 1. The summed E-state index contributed by atoms with van der Waals surface area (Å²) < 4.78 is 7.40. The van der Waals surface area contributed by atoms with E-state index in [0.717, 1.165) is 38.6 Å². The minimum atomic E-state index is -0.477. The van der Waals surface area contributed by atoms with E-state index in [1.807, 2.05) is 0 Å². The molecule has 0 radical (unpaired) electrons. The first-order valence-corrected chi connectivity index (χ1v) is 9.81. The molecule has 0 aliphatic heterocycles. The van der Waals surface area contributed by atoms with Crippen molar-refractivity contribution >= 4 is 23.5 Å². The fraction of sp³-hybridized carbons (Fsp3) is 0.409. The van der Waals surface area contributed by atoms with Crippen LogP contribution < -0.4 is 9.88 Å². The number of ether oxygens (including phenoxy) is 1. The van der Waals surface area contributed by atoms with Gasteiger partial charge in [0, 0.05) is 24.2 Å². The van der Waals surface area contributed by atoms with E-state index in [4.69, 9.17) is 4.74 Å². The topological polar surface area (TPSA) is 71.6 Å². The van der Waals surface area contributed by atoms with E-state index in [9.17, 15) is 9.59 Å². The van der Waals surface area contributed by atoms with Crippen molar-refractivity contribution in [3.8, 4) is 0 Å². The Kier molecular flexibility index (Phi) is 9.45. The molecule has 0 atom stereocenters. The van der Waals surface area contributed by atoms with Crippen molar-refractivity contribution in [2.45, 2.75) is 52.0 Å². The van der Waals surface area contributed by atoms with Gasteiger partial charge in [0.15, 0.2) is 12.4 Å². The number of aryl methyl sites for hydroxylation is 2. The summed E-state index contributed by atoms with van der Waals surface area (Å²) >= 11 is 0. The number of hydrogen-bond acceptors (Lipinski definition) is 4. The van der Waals surface area contributed by atoms with Gasteiger partial charge in [-0.2, -0.15) is 4.99 Å². The molecule has 6 nitrogen and oxygen atoms in total. The second-order valence-electron chi connectivity index (χ2n) is 6.62. The number of nitrogens with zero attached hydrogens (tertiary/aromatic N) is 2. The SMILES string of the molecule is CCCc1cc[n+](CCCCCCOC(=O)Nc2ccc(N=C=O)cc2)cc1. The molecule has 2 rings (SSSR count). The molecule has 0 aliphatic carbocycles. The summed E-state index contributed by atoms with van der Waals surface area (Å²) in [6, 6.07) is 10.9. The highest BCUT2D eigenvalue weighted by atomic mass is 16.5. The van der Waals surface area contributed by atoms with Gasteiger partial charge in [-0.15, -0.1) is 0 Å². The number of isocyanates is 1. The van der Waals surface area contributed by atoms with Crippen molar-refractivity contribution in [2.75, 3.05) is 11.9 Å². The van der Waals surface area contributed by atoms with Crippen LogP contribution in [-0.4, -0.2) is 18.8 Å². The molecule has 0 unspecified atom stereocenters. The summed E-state index contributed by atoms with van der Waals surface area (Å²) in [5.41, 5.74) is 2.47. The van der Waals surface area contributed by atoms with Crippen LogP contribution in [0.15, 0.2) is 53.8 Å². The van der Waals surface area contributed by atoms with Gasteiger partial charge in [0.1, 0.15) is 6.54 Å². The Morgan fingerprint density at radius 3 is 2.46 bits per heavy atom. The minimum absolute atomic E-state index is 0.401. The van der Waals surface area contributed by atoms with Gasteiger partial charge in [-0.25, -0.2) is 14.2 Å². The lowest BCUT2D eigenvalue weighted by Crippen LogP contribution is -2.32. The second-order valence-corrected chi connectivity index (χ2v) is 6.62. The number of pyridine rings is 1. The zero-order chi connectivity index (χ0) is 20.0. The molecule has 28 heavy (non-hydrogen) atoms. The first-order valence-electron chi connectivity index (χ1n) is 9.81. The number of carbonyl (C=O) groups excluding carboxylic acids is 2. The number of aromatic nitrogens is 1. The molecule has 1 aromatic carbocycles. The fourth-order valence-corrected chi connectivity index (χ4v) is 2.83. The third-order valence-corrected chi connectivity index (χ3v) is 4.33. The first kappa shape index (κ1) is 21.3. The van der Waals surface area contributed by atoms with Crippen LogP contribution in [0.5, 0.6) is 0 Å². The van der Waals surface area contributed by atoms with Crippen LogP contribution in [0.25, 0.3) is 0 Å². The number of carbonyl (C=O) groups is 1. The summed E-state index contributed by atoms with van der Waals surface area (Å²) in [5.74, 6) is 0. The molecule has 6 heteroatoms. The van der Waals surface area contributed by atoms with Gasteiger partial charge < -0.3 is 4.74 Å². The van der Waals surface area contributed by atoms with Crippen LogP contribution in [0.4, 0.5) is 16.2 Å². The standard InChI is InChI=1S/C22H27N3O3/c1-2-7-19-12-15-25(16-13-19)14-5-3-4-6-17-28-22(27)24-21-10-8-20(9-11-21)23-18-26/h8-13,15-16H,2-7,14,17H2,1H3/p+1. The van der Waals surface area contributed by atoms with E-state index in [1.165, 1.54) is 18.1 Å². The van der Waals surface area contributed by atoms with E-state index in [1.54, 1.807) is 24.3 Å². The summed E-state index contributed by atoms with van der Waals surface area (Å²) in [5, 5.41) is 2.64. The molecule has 1 heterocycles. The Bertz CT molecular complexity index is 767. The second kappa shape index (κ2) is 12.4. The smallest absolute Gasteiger partial charge is 0.411 e. The van der Waals surface area contributed by atoms with Gasteiger partial charge in [-0.05, 0) is 55.5 Å². The Hall–Kier alpha value is -2.98. The van der Waals surface area contributed by atoms with Crippen LogP contribution in [0.2, 0.25) is 0 Å². The predicted octanol–water partition coefficient (Wildman–Crippen LogP) is 4.70. The normalized spacial score (nSPS) is 10.2. The molecule has 1 amide bonds. The summed E-state index contributed by atoms with van der Waals surface area (Å²) in [6.45, 7) is 3.61. The average molecular weight is 382 g/mol. The largest absolute Gasteiger partial charge is 0.449 e. The van der Waals surface area contributed by atoms with Crippen molar-refractivity contribution in [3.63, 3.8) is 0 Å². The maximum atomic E-state index is 11.7. The predicted molar refractivity (Wildman–Crippen MR) is 108 cm³/mol. The highest BCUT2D eigenvalue weighted by molar-refractivity contribution is 5.84. The molecule has 0 spiro atoms. The van der Waals surface area contributed by atoms with E-state index in [0.29, 0.717) is 18.0 Å². The molecule has 2 aromatic rings. The Morgan fingerprint density at radius 1 is 1.07 bits per heavy atom. The maximum absolute atomic E-state index is 11.7. The molecule has 0 bridgehead atoms. The van der Waals surface area contributed by atoms with Gasteiger partial charge in [0.05, 0.1) is 12.3 Å². The van der Waals surface area contributed by atoms with E-state index < -0.39 is 6.09 Å². The zero-order valence-electron chi connectivity index (χ0n) is 16.4. The summed E-state index contributed by atoms with van der Waals surface area (Å²) in [6.07, 6.45) is 11.7. The molecule has 0 saturated heterocycles. The summed E-state index contributed by atoms with van der Waals surface area (Å²) in [4.78, 5) is 25.4. The number of amides is 1. The van der Waals surface area contributed by atoms with Gasteiger partial charge in [0.25, 0.3) is 0 Å². The molecular formula is C22H28N3O3+. The Labute approximate surface area is 166 Å². The highest BCUT2D eigenvalue weighted by Gasteiger charge is 2.04. The van der Waals surface area contributed by atoms with Crippen molar-refractivity contribution in [1.29, 1.82) is 0 Å². The molecule has 1 aromatic heterocycles. The lowest BCUT2D eigenvalue weighted by atomic mass is 10.1. The lowest BCUT2D eigenvalue weighted by Gasteiger charge is -2.07. The van der Waals surface area contributed by atoms with Gasteiger partial charge >= 0.3 is 6.09 Å². The van der Waals surface area contributed by atoms with Crippen LogP contribution >= 0.6 is 0 Å². The minimum Gasteiger partial charge on any atom is -0.449 e. The van der Waals surface area contributed by atoms with Crippen molar-refractivity contribution in [2.24, 2.45) is 4.99 Å². The monoisotopic (exact) mass is 382 g/mol. The number of hydrogen-bond donors (Lipinski definition) is 1. The van der Waals surface area contributed by atoms with Crippen LogP contribution in [0.1, 0.15) is 44.6 Å². The van der Waals surface area contributed by atoms with E-state index >= 15 is 0 Å². The van der Waals surface area contributed by atoms with Gasteiger partial charge in [-0.1, -0.05) is 13.3 Å². The molecule has 0 aliphatic rings. The van der Waals surface area contributed by atoms with Crippen molar-refractivity contribution in [3.05, 3.63) is 54.4 Å². The van der Waals surface area contributed by atoms with E-state index in [-0.39, 0.29) is 0 Å². The number of benzene rings is 1. The average Bonchev–Trinajstić information content (AvgIpc) is 2.70. The maximum Gasteiger partial charge on any atom is 0.411 e. The van der Waals surface area contributed by atoms with Crippen molar-refractivity contribution in [1.82, 2.24) is 0 Å². The zero-order valence-corrected chi connectivity index (χ0v) is 16.4. The Morgan fingerprint density at radius 2 is 1.79 bits per heavy atom. The van der Waals surface area contributed by atoms with Crippen LogP contribution in [0.3, 0.4) is 0 Å². The first-order chi connectivity index (χ1) is 13.7. The molecule has 0 saturated carbocycles. The molecular weight excluding hydrogens is 354 g/mol. The van der Waals surface area contributed by atoms with Crippen LogP contribution in [-0.2, 0) is 22.5 Å². The molecule has 1 N–H and O–H groups in total. The number of unbranched alkanes of at least 4 members (excludes halogenated alkanes) is 3. The van der Waals surface area contributed by atoms with E-state index in [2.05, 4.69) is 46.3 Å². The molecule has 148 valence electrons. The Balaban J connectivity index is 1.53. The lowest BCUT2D eigenvalue weighted by molar-refractivity contribution is -0.697. The van der Waals surface area contributed by atoms with Crippen molar-refractivity contribution < 1.29 is 18.9 Å². The van der Waals surface area contributed by atoms with Crippen LogP contribution in [0, 0.1) is 0 Å². The third kappa shape index (κ3) is 8.14. The van der Waals surface area contributed by atoms with Gasteiger partial charge in [-0.3, -0.25) is 5.32 Å².